The van der Waals surface area contributed by atoms with Gasteiger partial charge in [-0.1, -0.05) is 76.5 Å². The lowest BCUT2D eigenvalue weighted by Gasteiger charge is -2.70. The molecule has 0 saturated heterocycles. The van der Waals surface area contributed by atoms with Gasteiger partial charge in [0, 0.05) is 39.9 Å². The van der Waals surface area contributed by atoms with Crippen LogP contribution in [0, 0.1) is 50.2 Å². The van der Waals surface area contributed by atoms with Gasteiger partial charge in [-0.25, -0.2) is 0 Å². The molecule has 0 aliphatic heterocycles. The summed E-state index contributed by atoms with van der Waals surface area (Å²) in [6.07, 6.45) is 3.79. The monoisotopic (exact) mass is 772 g/mol. The number of alkyl halides is 3. The van der Waals surface area contributed by atoms with E-state index in [1.54, 1.807) is 0 Å². The summed E-state index contributed by atoms with van der Waals surface area (Å²) in [5.74, 6) is -0.592. The molecule has 8 atom stereocenters. The van der Waals surface area contributed by atoms with Crippen LogP contribution in [0.4, 0.5) is 13.2 Å². The van der Waals surface area contributed by atoms with Gasteiger partial charge in [0.15, 0.2) is 11.6 Å². The van der Waals surface area contributed by atoms with Gasteiger partial charge < -0.3 is 10.6 Å². The van der Waals surface area contributed by atoms with E-state index in [9.17, 15) is 32.3 Å². The Morgan fingerprint density at radius 3 is 2.24 bits per heavy atom. The minimum absolute atomic E-state index is 0.0452. The number of benzene rings is 1. The van der Waals surface area contributed by atoms with Crippen molar-refractivity contribution in [1.29, 1.82) is 0 Å². The van der Waals surface area contributed by atoms with Crippen LogP contribution in [0.2, 0.25) is 0 Å². The molecule has 2 amide bonds. The Morgan fingerprint density at radius 1 is 0.922 bits per heavy atom. The second-order valence-corrected chi connectivity index (χ2v) is 19.2. The molecule has 0 spiro atoms. The number of Topliss-reactive ketones (excluding diaryl/α,β-unsaturated/α-hetero) is 1. The predicted octanol–water partition coefficient (Wildman–Crippen LogP) is 9.03. The summed E-state index contributed by atoms with van der Waals surface area (Å²) in [5.41, 5.74) is -1.47. The smallest absolute Gasteiger partial charge is 0.354 e. The third-order valence-electron chi connectivity index (χ3n) is 14.9. The maximum atomic E-state index is 14.6. The fraction of sp³-hybridized carbons (Fsp3) is 0.659. The fourth-order valence-electron chi connectivity index (χ4n) is 11.9. The van der Waals surface area contributed by atoms with Crippen molar-refractivity contribution in [2.45, 2.75) is 106 Å². The Kier molecular flexibility index (Phi) is 9.04. The number of halogens is 4. The van der Waals surface area contributed by atoms with Crippen LogP contribution in [0.3, 0.4) is 0 Å². The highest BCUT2D eigenvalue weighted by Gasteiger charge is 2.70. The third-order valence-corrected chi connectivity index (χ3v) is 15.4. The summed E-state index contributed by atoms with van der Waals surface area (Å²) in [5, 5.41) is 5.61. The molecule has 0 heterocycles. The van der Waals surface area contributed by atoms with Crippen LogP contribution in [-0.2, 0) is 20.6 Å². The molecule has 1 aromatic carbocycles. The number of ketones is 2. The second-order valence-electron chi connectivity index (χ2n) is 18.3. The standard InChI is InChI=1S/C41H52BrF3N2O4/c1-23-21-38(6)30(35(2,3)32(23)49)9-10-40(8)31(38)29(48)20-27-28-22-37(5,12-11-36(28,4)13-14-39(27,40)7)34(51)47-16-15-46-33(50)24-17-25(41(43,44)45)19-26(42)18-24/h17-20,28,30-31H,1,9-16,21-22H2,2-8H3,(H,46,50)(H,47,51)/t28-,30-,31+,36+,37-,38-,39+,40+/m0/s1. The van der Waals surface area contributed by atoms with Crippen LogP contribution in [-0.4, -0.2) is 36.5 Å². The van der Waals surface area contributed by atoms with Crippen LogP contribution in [0.1, 0.15) is 116 Å². The molecule has 10 heteroatoms. The first-order valence-electron chi connectivity index (χ1n) is 18.4. The summed E-state index contributed by atoms with van der Waals surface area (Å²) >= 11 is 3.05. The van der Waals surface area contributed by atoms with Gasteiger partial charge in [0.05, 0.1) is 5.56 Å². The molecule has 51 heavy (non-hydrogen) atoms. The second kappa shape index (κ2) is 12.1. The molecule has 278 valence electrons. The van der Waals surface area contributed by atoms with E-state index >= 15 is 0 Å². The number of hydrogen-bond acceptors (Lipinski definition) is 4. The fourth-order valence-corrected chi connectivity index (χ4v) is 12.4. The molecular formula is C41H52BrF3N2O4. The van der Waals surface area contributed by atoms with Gasteiger partial charge in [0.2, 0.25) is 5.91 Å². The highest BCUT2D eigenvalue weighted by Crippen LogP contribution is 2.75. The lowest BCUT2D eigenvalue weighted by molar-refractivity contribution is -0.182. The molecule has 0 aromatic heterocycles. The van der Waals surface area contributed by atoms with Gasteiger partial charge in [0.25, 0.3) is 5.91 Å². The van der Waals surface area contributed by atoms with E-state index in [1.165, 1.54) is 11.6 Å². The molecule has 6 rings (SSSR count). The molecular weight excluding hydrogens is 721 g/mol. The van der Waals surface area contributed by atoms with Crippen molar-refractivity contribution in [3.8, 4) is 0 Å². The minimum Gasteiger partial charge on any atom is -0.354 e. The Hall–Kier alpha value is -2.75. The SMILES string of the molecule is C=C1C[C@]2(C)[C@H]3C(=O)C=C4[C@@H]5C[C@@](C)(C(=O)NCCNC(=O)c6cc(Br)cc(C(F)(F)F)c6)CC[C@]5(C)CC[C@@]4(C)[C@]3(C)CC[C@H]2C(C)(C)C1=O. The molecule has 5 aliphatic carbocycles. The summed E-state index contributed by atoms with van der Waals surface area (Å²) < 4.78 is 39.9. The average molecular weight is 774 g/mol. The lowest BCUT2D eigenvalue weighted by Crippen LogP contribution is -2.66. The highest BCUT2D eigenvalue weighted by atomic mass is 79.9. The van der Waals surface area contributed by atoms with Crippen LogP contribution < -0.4 is 10.6 Å². The molecule has 0 unspecified atom stereocenters. The number of allylic oxidation sites excluding steroid dienone is 3. The highest BCUT2D eigenvalue weighted by molar-refractivity contribution is 9.10. The molecule has 5 aliphatic rings. The van der Waals surface area contributed by atoms with Crippen molar-refractivity contribution < 1.29 is 32.3 Å². The number of fused-ring (bicyclic) bond motifs is 7. The van der Waals surface area contributed by atoms with E-state index in [0.717, 1.165) is 44.2 Å². The number of carbonyl (C=O) groups is 4. The molecule has 0 radical (unpaired) electrons. The number of nitrogens with one attached hydrogen (secondary N) is 2. The van der Waals surface area contributed by atoms with Gasteiger partial charge >= 0.3 is 6.18 Å². The predicted molar refractivity (Wildman–Crippen MR) is 193 cm³/mol. The zero-order valence-corrected chi connectivity index (χ0v) is 32.6. The van der Waals surface area contributed by atoms with Crippen molar-refractivity contribution in [3.63, 3.8) is 0 Å². The average Bonchev–Trinajstić information content (AvgIpc) is 3.02. The van der Waals surface area contributed by atoms with E-state index in [1.807, 2.05) is 26.8 Å². The first-order chi connectivity index (χ1) is 23.4. The van der Waals surface area contributed by atoms with Crippen LogP contribution >= 0.6 is 15.9 Å². The van der Waals surface area contributed by atoms with Gasteiger partial charge in [0.1, 0.15) is 0 Å². The Morgan fingerprint density at radius 2 is 1.57 bits per heavy atom. The van der Waals surface area contributed by atoms with Gasteiger partial charge in [-0.2, -0.15) is 13.2 Å². The first-order valence-corrected chi connectivity index (χ1v) is 19.2. The molecule has 4 fully saturated rings. The molecule has 6 nitrogen and oxygen atoms in total. The number of hydrogen-bond donors (Lipinski definition) is 2. The van der Waals surface area contributed by atoms with E-state index in [2.05, 4.69) is 60.8 Å². The minimum atomic E-state index is -4.59. The van der Waals surface area contributed by atoms with Crippen molar-refractivity contribution in [1.82, 2.24) is 10.6 Å². The number of carbonyl (C=O) groups excluding carboxylic acids is 4. The zero-order valence-electron chi connectivity index (χ0n) is 31.0. The topological polar surface area (TPSA) is 92.3 Å². The lowest BCUT2D eigenvalue weighted by atomic mass is 9.33. The Balaban J connectivity index is 1.19. The summed E-state index contributed by atoms with van der Waals surface area (Å²) in [7, 11) is 0. The van der Waals surface area contributed by atoms with E-state index in [-0.39, 0.29) is 80.0 Å². The Bertz CT molecular complexity index is 1750. The van der Waals surface area contributed by atoms with Crippen molar-refractivity contribution in [3.05, 3.63) is 57.6 Å². The maximum absolute atomic E-state index is 14.6. The number of rotatable bonds is 5. The van der Waals surface area contributed by atoms with Gasteiger partial charge in [-0.3, -0.25) is 19.2 Å². The van der Waals surface area contributed by atoms with Gasteiger partial charge in [-0.05, 0) is 115 Å². The molecule has 4 saturated carbocycles. The summed E-state index contributed by atoms with van der Waals surface area (Å²) in [4.78, 5) is 54.5. The van der Waals surface area contributed by atoms with E-state index in [4.69, 9.17) is 0 Å². The van der Waals surface area contributed by atoms with Gasteiger partial charge in [-0.15, -0.1) is 0 Å². The van der Waals surface area contributed by atoms with E-state index in [0.29, 0.717) is 24.8 Å². The first kappa shape index (κ1) is 38.0. The molecule has 2 N–H and O–H groups in total. The maximum Gasteiger partial charge on any atom is 0.416 e. The normalized spacial score (nSPS) is 38.8. The van der Waals surface area contributed by atoms with E-state index < -0.39 is 28.5 Å². The van der Waals surface area contributed by atoms with Crippen molar-refractivity contribution in [2.24, 2.45) is 50.2 Å². The zero-order chi connectivity index (χ0) is 37.7. The van der Waals surface area contributed by atoms with Crippen molar-refractivity contribution in [2.75, 3.05) is 13.1 Å². The summed E-state index contributed by atoms with van der Waals surface area (Å²) in [6, 6.07) is 3.06. The number of amides is 2. The Labute approximate surface area is 308 Å². The third kappa shape index (κ3) is 5.79. The largest absolute Gasteiger partial charge is 0.416 e. The van der Waals surface area contributed by atoms with Crippen molar-refractivity contribution >= 4 is 39.3 Å². The van der Waals surface area contributed by atoms with Crippen LogP contribution in [0.5, 0.6) is 0 Å². The van der Waals surface area contributed by atoms with Crippen LogP contribution in [0.25, 0.3) is 0 Å². The van der Waals surface area contributed by atoms with Crippen LogP contribution in [0.15, 0.2) is 46.5 Å². The molecule has 0 bridgehead atoms. The quantitative estimate of drug-likeness (QED) is 0.231. The molecule has 1 aromatic rings. The summed E-state index contributed by atoms with van der Waals surface area (Å²) in [6.45, 7) is 19.7.